The second-order valence-electron chi connectivity index (χ2n) is 8.29. The Morgan fingerprint density at radius 2 is 1.38 bits per heavy atom. The Balaban J connectivity index is 1.63. The van der Waals surface area contributed by atoms with Crippen molar-refractivity contribution in [2.24, 2.45) is 0 Å². The van der Waals surface area contributed by atoms with Crippen molar-refractivity contribution in [3.8, 4) is 0 Å². The molecule has 1 atom stereocenters. The summed E-state index contributed by atoms with van der Waals surface area (Å²) in [6.07, 6.45) is 4.87. The van der Waals surface area contributed by atoms with E-state index < -0.39 is 5.41 Å². The minimum Gasteiger partial charge on any atom is -0.349 e. The van der Waals surface area contributed by atoms with Crippen molar-refractivity contribution < 1.29 is 4.79 Å². The molecule has 1 aliphatic rings. The van der Waals surface area contributed by atoms with Gasteiger partial charge in [-0.15, -0.1) is 0 Å². The number of benzene rings is 3. The molecule has 1 amide bonds. The predicted octanol–water partition coefficient (Wildman–Crippen LogP) is 5.75. The van der Waals surface area contributed by atoms with E-state index >= 15 is 0 Å². The zero-order chi connectivity index (χ0) is 20.3. The lowest BCUT2D eigenvalue weighted by Gasteiger charge is -2.31. The quantitative estimate of drug-likeness (QED) is 0.597. The van der Waals surface area contributed by atoms with Crippen LogP contribution in [0.5, 0.6) is 0 Å². The Morgan fingerprint density at radius 1 is 0.828 bits per heavy atom. The van der Waals surface area contributed by atoms with Gasteiger partial charge in [0.05, 0.1) is 11.5 Å². The van der Waals surface area contributed by atoms with Crippen molar-refractivity contribution >= 4 is 5.91 Å². The minimum absolute atomic E-state index is 0.0279. The second kappa shape index (κ2) is 8.24. The molecule has 29 heavy (non-hydrogen) atoms. The zero-order valence-corrected chi connectivity index (χ0v) is 17.3. The van der Waals surface area contributed by atoms with Gasteiger partial charge in [0.25, 0.3) is 0 Å². The summed E-state index contributed by atoms with van der Waals surface area (Å²) in [4.78, 5) is 13.6. The van der Waals surface area contributed by atoms with Gasteiger partial charge in [0.2, 0.25) is 5.91 Å². The molecule has 0 aliphatic heterocycles. The van der Waals surface area contributed by atoms with Crippen molar-refractivity contribution in [3.63, 3.8) is 0 Å². The summed E-state index contributed by atoms with van der Waals surface area (Å²) in [5.41, 5.74) is 5.36. The Morgan fingerprint density at radius 3 is 1.97 bits per heavy atom. The van der Waals surface area contributed by atoms with Crippen molar-refractivity contribution in [3.05, 3.63) is 107 Å². The number of nitrogens with one attached hydrogen (secondary N) is 1. The van der Waals surface area contributed by atoms with Crippen LogP contribution in [0.15, 0.2) is 78.9 Å². The average Bonchev–Trinajstić information content (AvgIpc) is 2.79. The van der Waals surface area contributed by atoms with Gasteiger partial charge in [-0.25, -0.2) is 0 Å². The van der Waals surface area contributed by atoms with Crippen LogP contribution >= 0.6 is 0 Å². The average molecular weight is 384 g/mol. The molecule has 0 saturated carbocycles. The number of rotatable bonds is 5. The zero-order valence-electron chi connectivity index (χ0n) is 17.3. The summed E-state index contributed by atoms with van der Waals surface area (Å²) in [5, 5.41) is 3.30. The molecule has 2 heteroatoms. The molecule has 0 saturated heterocycles. The highest BCUT2D eigenvalue weighted by atomic mass is 16.2. The number of fused-ring (bicyclic) bond motifs is 1. The van der Waals surface area contributed by atoms with Crippen molar-refractivity contribution in [1.82, 2.24) is 5.32 Å². The Bertz CT molecular complexity index is 938. The fourth-order valence-electron chi connectivity index (χ4n) is 4.42. The first-order chi connectivity index (χ1) is 14.1. The maximum atomic E-state index is 13.6. The molecule has 148 valence electrons. The number of hydrogen-bond donors (Lipinski definition) is 1. The standard InChI is InChI=1S/C27H29NO/c1-20(22-18-17-21-11-9-10-12-23(21)19-22)28-26(29)27(2,24-13-5-3-6-14-24)25-15-7-4-8-16-25/h3-8,13-20H,9-12H2,1-2H3,(H,28,29). The normalized spacial score (nSPS) is 14.7. The SMILES string of the molecule is CC(NC(=O)C(C)(c1ccccc1)c1ccccc1)c1ccc2c(c1)CCCC2. The molecule has 0 spiro atoms. The summed E-state index contributed by atoms with van der Waals surface area (Å²) in [6, 6.07) is 26.8. The van der Waals surface area contributed by atoms with Gasteiger partial charge in [-0.05, 0) is 67.3 Å². The van der Waals surface area contributed by atoms with Gasteiger partial charge >= 0.3 is 0 Å². The third-order valence-electron chi connectivity index (χ3n) is 6.38. The summed E-state index contributed by atoms with van der Waals surface area (Å²) >= 11 is 0. The van der Waals surface area contributed by atoms with Gasteiger partial charge < -0.3 is 5.32 Å². The number of amides is 1. The van der Waals surface area contributed by atoms with Crippen LogP contribution in [0.2, 0.25) is 0 Å². The molecule has 0 heterocycles. The molecule has 3 aromatic carbocycles. The van der Waals surface area contributed by atoms with Gasteiger partial charge in [0.15, 0.2) is 0 Å². The molecule has 0 aromatic heterocycles. The van der Waals surface area contributed by atoms with Crippen LogP contribution < -0.4 is 5.32 Å². The second-order valence-corrected chi connectivity index (χ2v) is 8.29. The highest BCUT2D eigenvalue weighted by Gasteiger charge is 2.37. The lowest BCUT2D eigenvalue weighted by molar-refractivity contribution is -0.125. The van der Waals surface area contributed by atoms with E-state index in [0.717, 1.165) is 17.5 Å². The van der Waals surface area contributed by atoms with Crippen LogP contribution in [-0.4, -0.2) is 5.91 Å². The highest BCUT2D eigenvalue weighted by Crippen LogP contribution is 2.33. The minimum atomic E-state index is -0.745. The van der Waals surface area contributed by atoms with E-state index in [0.29, 0.717) is 0 Å². The van der Waals surface area contributed by atoms with Gasteiger partial charge in [0, 0.05) is 0 Å². The van der Waals surface area contributed by atoms with Crippen LogP contribution in [0.3, 0.4) is 0 Å². The first-order valence-electron chi connectivity index (χ1n) is 10.6. The number of carbonyl (C=O) groups is 1. The largest absolute Gasteiger partial charge is 0.349 e. The smallest absolute Gasteiger partial charge is 0.235 e. The molecule has 0 bridgehead atoms. The third kappa shape index (κ3) is 3.85. The Kier molecular flexibility index (Phi) is 5.53. The first kappa shape index (κ1) is 19.4. The topological polar surface area (TPSA) is 29.1 Å². The first-order valence-corrected chi connectivity index (χ1v) is 10.6. The summed E-state index contributed by atoms with van der Waals surface area (Å²) in [6.45, 7) is 4.10. The van der Waals surface area contributed by atoms with Crippen LogP contribution in [0.1, 0.15) is 60.5 Å². The van der Waals surface area contributed by atoms with Crippen LogP contribution in [-0.2, 0) is 23.1 Å². The lowest BCUT2D eigenvalue weighted by Crippen LogP contribution is -2.44. The van der Waals surface area contributed by atoms with E-state index in [2.05, 4.69) is 30.4 Å². The van der Waals surface area contributed by atoms with E-state index in [1.54, 1.807) is 0 Å². The Hall–Kier alpha value is -2.87. The number of aryl methyl sites for hydroxylation is 2. The molecule has 0 radical (unpaired) electrons. The predicted molar refractivity (Wildman–Crippen MR) is 119 cm³/mol. The van der Waals surface area contributed by atoms with Gasteiger partial charge in [-0.1, -0.05) is 78.9 Å². The molecule has 4 rings (SSSR count). The molecule has 1 N–H and O–H groups in total. The van der Waals surface area contributed by atoms with Gasteiger partial charge in [-0.3, -0.25) is 4.79 Å². The van der Waals surface area contributed by atoms with Gasteiger partial charge in [-0.2, -0.15) is 0 Å². The number of carbonyl (C=O) groups excluding carboxylic acids is 1. The van der Waals surface area contributed by atoms with E-state index in [9.17, 15) is 4.79 Å². The van der Waals surface area contributed by atoms with Crippen LogP contribution in [0.4, 0.5) is 0 Å². The Labute approximate surface area is 174 Å². The monoisotopic (exact) mass is 383 g/mol. The maximum absolute atomic E-state index is 13.6. The van der Waals surface area contributed by atoms with E-state index in [-0.39, 0.29) is 11.9 Å². The fraction of sp³-hybridized carbons (Fsp3) is 0.296. The molecule has 0 fully saturated rings. The lowest BCUT2D eigenvalue weighted by atomic mass is 9.75. The van der Waals surface area contributed by atoms with E-state index in [1.807, 2.05) is 67.6 Å². The molecule has 1 aliphatic carbocycles. The molecular formula is C27H29NO. The molecule has 3 aromatic rings. The van der Waals surface area contributed by atoms with Gasteiger partial charge in [0.1, 0.15) is 0 Å². The van der Waals surface area contributed by atoms with Crippen LogP contribution in [0.25, 0.3) is 0 Å². The summed E-state index contributed by atoms with van der Waals surface area (Å²) in [5.74, 6) is 0.0279. The van der Waals surface area contributed by atoms with Crippen molar-refractivity contribution in [1.29, 1.82) is 0 Å². The molecule has 2 nitrogen and oxygen atoms in total. The van der Waals surface area contributed by atoms with Crippen LogP contribution in [0, 0.1) is 0 Å². The maximum Gasteiger partial charge on any atom is 0.235 e. The molecular weight excluding hydrogens is 354 g/mol. The van der Waals surface area contributed by atoms with E-state index in [4.69, 9.17) is 0 Å². The molecule has 1 unspecified atom stereocenters. The third-order valence-corrected chi connectivity index (χ3v) is 6.38. The summed E-state index contributed by atoms with van der Waals surface area (Å²) in [7, 11) is 0. The van der Waals surface area contributed by atoms with E-state index in [1.165, 1.54) is 36.0 Å². The van der Waals surface area contributed by atoms with Crippen molar-refractivity contribution in [2.45, 2.75) is 51.0 Å². The van der Waals surface area contributed by atoms with Crippen molar-refractivity contribution in [2.75, 3.05) is 0 Å². The fourth-order valence-corrected chi connectivity index (χ4v) is 4.42. The summed E-state index contributed by atoms with van der Waals surface area (Å²) < 4.78 is 0. The highest BCUT2D eigenvalue weighted by molar-refractivity contribution is 5.91. The number of hydrogen-bond acceptors (Lipinski definition) is 1.